The zero-order chi connectivity index (χ0) is 12.7. The smallest absolute Gasteiger partial charge is 0.305 e. The van der Waals surface area contributed by atoms with E-state index in [1.165, 1.54) is 0 Å². The molecule has 92 valence electrons. The SMILES string of the molecule is COc1cccc(CC(=O)NCCC(=O)O)c1. The molecule has 5 nitrogen and oxygen atoms in total. The van der Waals surface area contributed by atoms with Crippen molar-refractivity contribution >= 4 is 11.9 Å². The zero-order valence-electron chi connectivity index (χ0n) is 9.60. The molecule has 0 aromatic heterocycles. The Morgan fingerprint density at radius 2 is 2.18 bits per heavy atom. The zero-order valence-corrected chi connectivity index (χ0v) is 9.60. The Morgan fingerprint density at radius 1 is 1.41 bits per heavy atom. The molecule has 17 heavy (non-hydrogen) atoms. The van der Waals surface area contributed by atoms with Crippen LogP contribution in [0.25, 0.3) is 0 Å². The van der Waals surface area contributed by atoms with Crippen LogP contribution in [0.4, 0.5) is 0 Å². The number of nitrogens with one attached hydrogen (secondary N) is 1. The summed E-state index contributed by atoms with van der Waals surface area (Å²) in [6.45, 7) is 0.151. The molecule has 0 heterocycles. The van der Waals surface area contributed by atoms with Crippen molar-refractivity contribution in [2.75, 3.05) is 13.7 Å². The topological polar surface area (TPSA) is 75.6 Å². The van der Waals surface area contributed by atoms with Gasteiger partial charge in [-0.25, -0.2) is 0 Å². The van der Waals surface area contributed by atoms with E-state index in [0.29, 0.717) is 5.75 Å². The molecular formula is C12H15NO4. The minimum absolute atomic E-state index is 0.0656. The van der Waals surface area contributed by atoms with Crippen LogP contribution in [0.1, 0.15) is 12.0 Å². The van der Waals surface area contributed by atoms with Crippen LogP contribution >= 0.6 is 0 Å². The van der Waals surface area contributed by atoms with Crippen LogP contribution in [-0.4, -0.2) is 30.6 Å². The molecule has 1 rings (SSSR count). The Bertz CT molecular complexity index is 403. The van der Waals surface area contributed by atoms with Crippen LogP contribution < -0.4 is 10.1 Å². The van der Waals surface area contributed by atoms with Gasteiger partial charge >= 0.3 is 5.97 Å². The number of carboxylic acid groups (broad SMARTS) is 1. The number of aliphatic carboxylic acids is 1. The first-order valence-electron chi connectivity index (χ1n) is 5.23. The minimum atomic E-state index is -0.924. The maximum absolute atomic E-state index is 11.4. The van der Waals surface area contributed by atoms with Gasteiger partial charge in [-0.2, -0.15) is 0 Å². The molecule has 0 unspecified atom stereocenters. The first kappa shape index (κ1) is 13.0. The van der Waals surface area contributed by atoms with E-state index in [4.69, 9.17) is 9.84 Å². The summed E-state index contributed by atoms with van der Waals surface area (Å²) in [5, 5.41) is 11.0. The highest BCUT2D eigenvalue weighted by Gasteiger charge is 2.04. The van der Waals surface area contributed by atoms with Crippen LogP contribution in [0.15, 0.2) is 24.3 Å². The second-order valence-electron chi connectivity index (χ2n) is 3.52. The van der Waals surface area contributed by atoms with Crippen LogP contribution in [0.5, 0.6) is 5.75 Å². The molecule has 0 aliphatic heterocycles. The summed E-state index contributed by atoms with van der Waals surface area (Å²) in [6.07, 6.45) is 0.153. The van der Waals surface area contributed by atoms with Gasteiger partial charge in [0, 0.05) is 6.54 Å². The molecule has 0 aliphatic carbocycles. The number of hydrogen-bond acceptors (Lipinski definition) is 3. The fourth-order valence-electron chi connectivity index (χ4n) is 1.34. The van der Waals surface area contributed by atoms with Gasteiger partial charge in [0.1, 0.15) is 5.75 Å². The maximum Gasteiger partial charge on any atom is 0.305 e. The second-order valence-corrected chi connectivity index (χ2v) is 3.52. The van der Waals surface area contributed by atoms with E-state index in [9.17, 15) is 9.59 Å². The van der Waals surface area contributed by atoms with Gasteiger partial charge in [-0.1, -0.05) is 12.1 Å². The molecule has 0 atom stereocenters. The van der Waals surface area contributed by atoms with Crippen molar-refractivity contribution in [2.45, 2.75) is 12.8 Å². The molecule has 5 heteroatoms. The quantitative estimate of drug-likeness (QED) is 0.768. The van der Waals surface area contributed by atoms with Crippen molar-refractivity contribution < 1.29 is 19.4 Å². The summed E-state index contributed by atoms with van der Waals surface area (Å²) in [6, 6.07) is 7.20. The Morgan fingerprint density at radius 3 is 2.82 bits per heavy atom. The second kappa shape index (κ2) is 6.52. The number of ether oxygens (including phenoxy) is 1. The molecule has 0 spiro atoms. The molecule has 1 aromatic carbocycles. The third kappa shape index (κ3) is 5.01. The number of hydrogen-bond donors (Lipinski definition) is 2. The van der Waals surface area contributed by atoms with E-state index in [2.05, 4.69) is 5.32 Å². The number of carbonyl (C=O) groups excluding carboxylic acids is 1. The molecule has 1 amide bonds. The van der Waals surface area contributed by atoms with Crippen molar-refractivity contribution in [2.24, 2.45) is 0 Å². The largest absolute Gasteiger partial charge is 0.497 e. The average molecular weight is 237 g/mol. The lowest BCUT2D eigenvalue weighted by molar-refractivity contribution is -0.136. The van der Waals surface area contributed by atoms with Crippen molar-refractivity contribution in [3.8, 4) is 5.75 Å². The molecule has 0 fully saturated rings. The number of carbonyl (C=O) groups is 2. The fraction of sp³-hybridized carbons (Fsp3) is 0.333. The van der Waals surface area contributed by atoms with E-state index in [0.717, 1.165) is 5.56 Å². The van der Waals surface area contributed by atoms with Gasteiger partial charge in [-0.05, 0) is 17.7 Å². The normalized spacial score (nSPS) is 9.71. The van der Waals surface area contributed by atoms with Gasteiger partial charge in [-0.15, -0.1) is 0 Å². The number of benzene rings is 1. The average Bonchev–Trinajstić information content (AvgIpc) is 2.28. The first-order valence-corrected chi connectivity index (χ1v) is 5.23. The van der Waals surface area contributed by atoms with Crippen LogP contribution in [0.3, 0.4) is 0 Å². The summed E-state index contributed by atoms with van der Waals surface area (Å²) in [5.74, 6) is -0.424. The van der Waals surface area contributed by atoms with E-state index in [-0.39, 0.29) is 25.3 Å². The highest BCUT2D eigenvalue weighted by Crippen LogP contribution is 2.12. The van der Waals surface area contributed by atoms with Crippen LogP contribution in [-0.2, 0) is 16.0 Å². The molecule has 1 aromatic rings. The van der Waals surface area contributed by atoms with E-state index >= 15 is 0 Å². The van der Waals surface area contributed by atoms with E-state index in [1.807, 2.05) is 6.07 Å². The third-order valence-electron chi connectivity index (χ3n) is 2.16. The fourth-order valence-corrected chi connectivity index (χ4v) is 1.34. The third-order valence-corrected chi connectivity index (χ3v) is 2.16. The maximum atomic E-state index is 11.4. The summed E-state index contributed by atoms with van der Waals surface area (Å²) < 4.78 is 5.04. The molecular weight excluding hydrogens is 222 g/mol. The van der Waals surface area contributed by atoms with E-state index in [1.54, 1.807) is 25.3 Å². The van der Waals surface area contributed by atoms with Crippen molar-refractivity contribution in [3.63, 3.8) is 0 Å². The number of carboxylic acids is 1. The first-order chi connectivity index (χ1) is 8.11. The molecule has 0 radical (unpaired) electrons. The summed E-state index contributed by atoms with van der Waals surface area (Å²) in [5.41, 5.74) is 0.831. The standard InChI is InChI=1S/C12H15NO4/c1-17-10-4-2-3-9(7-10)8-11(14)13-6-5-12(15)16/h2-4,7H,5-6,8H2,1H3,(H,13,14)(H,15,16). The number of methoxy groups -OCH3 is 1. The van der Waals surface area contributed by atoms with Crippen LogP contribution in [0.2, 0.25) is 0 Å². The van der Waals surface area contributed by atoms with Crippen molar-refractivity contribution in [1.29, 1.82) is 0 Å². The molecule has 2 N–H and O–H groups in total. The Kier molecular flexibility index (Phi) is 5.00. The summed E-state index contributed by atoms with van der Waals surface area (Å²) in [4.78, 5) is 21.7. The van der Waals surface area contributed by atoms with Gasteiger partial charge in [0.2, 0.25) is 5.91 Å². The Hall–Kier alpha value is -2.04. The molecule has 0 saturated carbocycles. The summed E-state index contributed by atoms with van der Waals surface area (Å²) in [7, 11) is 1.56. The predicted molar refractivity (Wildman–Crippen MR) is 62.0 cm³/mol. The molecule has 0 saturated heterocycles. The predicted octanol–water partition coefficient (Wildman–Crippen LogP) is 0.829. The minimum Gasteiger partial charge on any atom is -0.497 e. The lowest BCUT2D eigenvalue weighted by Gasteiger charge is -2.05. The van der Waals surface area contributed by atoms with Gasteiger partial charge in [-0.3, -0.25) is 9.59 Å². The molecule has 0 aliphatic rings. The van der Waals surface area contributed by atoms with Gasteiger partial charge < -0.3 is 15.2 Å². The van der Waals surface area contributed by atoms with Crippen molar-refractivity contribution in [3.05, 3.63) is 29.8 Å². The van der Waals surface area contributed by atoms with Crippen LogP contribution in [0, 0.1) is 0 Å². The van der Waals surface area contributed by atoms with E-state index < -0.39 is 5.97 Å². The number of amides is 1. The lowest BCUT2D eigenvalue weighted by Crippen LogP contribution is -2.27. The summed E-state index contributed by atoms with van der Waals surface area (Å²) >= 11 is 0. The lowest BCUT2D eigenvalue weighted by atomic mass is 10.1. The highest BCUT2D eigenvalue weighted by molar-refractivity contribution is 5.79. The van der Waals surface area contributed by atoms with Gasteiger partial charge in [0.05, 0.1) is 20.0 Å². The highest BCUT2D eigenvalue weighted by atomic mass is 16.5. The van der Waals surface area contributed by atoms with Gasteiger partial charge in [0.25, 0.3) is 0 Å². The Labute approximate surface area is 99.4 Å². The molecule has 0 bridgehead atoms. The Balaban J connectivity index is 2.42. The number of rotatable bonds is 6. The van der Waals surface area contributed by atoms with Crippen molar-refractivity contribution in [1.82, 2.24) is 5.32 Å². The van der Waals surface area contributed by atoms with Gasteiger partial charge in [0.15, 0.2) is 0 Å². The monoisotopic (exact) mass is 237 g/mol.